The molecule has 3 heteroatoms. The van der Waals surface area contributed by atoms with Crippen LogP contribution < -0.4 is 10.1 Å². The van der Waals surface area contributed by atoms with Crippen LogP contribution in [0.15, 0.2) is 42.5 Å². The highest BCUT2D eigenvalue weighted by Crippen LogP contribution is 2.33. The second-order valence-electron chi connectivity index (χ2n) is 5.13. The van der Waals surface area contributed by atoms with Gasteiger partial charge in [0.25, 0.3) is 0 Å². The Morgan fingerprint density at radius 3 is 2.57 bits per heavy atom. The van der Waals surface area contributed by atoms with Crippen LogP contribution in [0.4, 0.5) is 0 Å². The van der Waals surface area contributed by atoms with Gasteiger partial charge in [0, 0.05) is 10.6 Å². The molecule has 1 atom stereocenters. The lowest BCUT2D eigenvalue weighted by atomic mass is 9.94. The van der Waals surface area contributed by atoms with Crippen molar-refractivity contribution in [2.24, 2.45) is 0 Å². The molecule has 0 radical (unpaired) electrons. The molecule has 2 rings (SSSR count). The van der Waals surface area contributed by atoms with E-state index in [0.717, 1.165) is 24.3 Å². The van der Waals surface area contributed by atoms with Crippen LogP contribution in [0.2, 0.25) is 5.02 Å². The number of hydrogen-bond donors (Lipinski definition) is 1. The van der Waals surface area contributed by atoms with Crippen LogP contribution >= 0.6 is 11.6 Å². The van der Waals surface area contributed by atoms with Crippen LogP contribution in [0.1, 0.15) is 36.1 Å². The number of aryl methyl sites for hydroxylation is 1. The predicted molar refractivity (Wildman–Crippen MR) is 89.3 cm³/mol. The molecule has 1 N–H and O–H groups in total. The summed E-state index contributed by atoms with van der Waals surface area (Å²) >= 11 is 6.08. The summed E-state index contributed by atoms with van der Waals surface area (Å²) in [6, 6.07) is 14.4. The molecule has 0 amide bonds. The van der Waals surface area contributed by atoms with Crippen molar-refractivity contribution < 1.29 is 4.74 Å². The Labute approximate surface area is 132 Å². The molecule has 0 aliphatic carbocycles. The summed E-state index contributed by atoms with van der Waals surface area (Å²) in [6.45, 7) is 5.25. The molecule has 112 valence electrons. The van der Waals surface area contributed by atoms with Gasteiger partial charge in [-0.05, 0) is 43.1 Å². The third kappa shape index (κ3) is 3.78. The van der Waals surface area contributed by atoms with E-state index in [0.29, 0.717) is 5.02 Å². The van der Waals surface area contributed by atoms with Gasteiger partial charge < -0.3 is 10.1 Å². The molecular formula is C18H22ClNO. The van der Waals surface area contributed by atoms with Gasteiger partial charge in [0.2, 0.25) is 0 Å². The minimum absolute atomic E-state index is 0.110. The summed E-state index contributed by atoms with van der Waals surface area (Å²) in [6.07, 6.45) is 1.08. The molecule has 1 unspecified atom stereocenters. The van der Waals surface area contributed by atoms with E-state index in [1.807, 2.05) is 18.2 Å². The normalized spacial score (nSPS) is 12.2. The summed E-state index contributed by atoms with van der Waals surface area (Å²) < 4.78 is 5.52. The highest BCUT2D eigenvalue weighted by molar-refractivity contribution is 6.30. The van der Waals surface area contributed by atoms with E-state index in [4.69, 9.17) is 16.3 Å². The number of rotatable bonds is 6. The van der Waals surface area contributed by atoms with E-state index in [1.54, 1.807) is 7.11 Å². The quantitative estimate of drug-likeness (QED) is 0.832. The van der Waals surface area contributed by atoms with Crippen LogP contribution in [0.25, 0.3) is 0 Å². The van der Waals surface area contributed by atoms with E-state index in [9.17, 15) is 0 Å². The highest BCUT2D eigenvalue weighted by Gasteiger charge is 2.19. The Hall–Kier alpha value is -1.51. The van der Waals surface area contributed by atoms with Crippen LogP contribution in [0.3, 0.4) is 0 Å². The SMILES string of the molecule is CCCNC(c1ccccc1C)c1ccc(Cl)cc1OC. The van der Waals surface area contributed by atoms with Crippen molar-refractivity contribution in [3.05, 3.63) is 64.2 Å². The van der Waals surface area contributed by atoms with Gasteiger partial charge in [0.1, 0.15) is 5.75 Å². The molecule has 2 aromatic rings. The maximum atomic E-state index is 6.08. The first-order chi connectivity index (χ1) is 10.2. The summed E-state index contributed by atoms with van der Waals surface area (Å²) in [7, 11) is 1.68. The molecule has 0 bridgehead atoms. The summed E-state index contributed by atoms with van der Waals surface area (Å²) in [4.78, 5) is 0. The highest BCUT2D eigenvalue weighted by atomic mass is 35.5. The molecule has 0 heterocycles. The molecule has 0 saturated heterocycles. The van der Waals surface area contributed by atoms with Gasteiger partial charge in [-0.25, -0.2) is 0 Å². The Bertz CT molecular complexity index is 598. The smallest absolute Gasteiger partial charge is 0.125 e. The van der Waals surface area contributed by atoms with Crippen LogP contribution in [0.5, 0.6) is 5.75 Å². The lowest BCUT2D eigenvalue weighted by Crippen LogP contribution is -2.24. The molecule has 0 saturated carbocycles. The van der Waals surface area contributed by atoms with Crippen molar-refractivity contribution in [1.82, 2.24) is 5.32 Å². The van der Waals surface area contributed by atoms with Crippen LogP contribution in [-0.4, -0.2) is 13.7 Å². The van der Waals surface area contributed by atoms with Crippen molar-refractivity contribution in [3.63, 3.8) is 0 Å². The average molecular weight is 304 g/mol. The topological polar surface area (TPSA) is 21.3 Å². The van der Waals surface area contributed by atoms with Crippen molar-refractivity contribution in [2.75, 3.05) is 13.7 Å². The largest absolute Gasteiger partial charge is 0.496 e. The minimum atomic E-state index is 0.110. The zero-order valence-electron chi connectivity index (χ0n) is 12.8. The third-order valence-electron chi connectivity index (χ3n) is 3.60. The Morgan fingerprint density at radius 2 is 1.90 bits per heavy atom. The van der Waals surface area contributed by atoms with E-state index in [-0.39, 0.29) is 6.04 Å². The number of ether oxygens (including phenoxy) is 1. The third-order valence-corrected chi connectivity index (χ3v) is 3.84. The fourth-order valence-corrected chi connectivity index (χ4v) is 2.67. The predicted octanol–water partition coefficient (Wildman–Crippen LogP) is 4.75. The first-order valence-electron chi connectivity index (χ1n) is 7.29. The number of methoxy groups -OCH3 is 1. The van der Waals surface area contributed by atoms with Crippen molar-refractivity contribution in [2.45, 2.75) is 26.3 Å². The standard InChI is InChI=1S/C18H22ClNO/c1-4-11-20-18(15-8-6-5-7-13(15)2)16-10-9-14(19)12-17(16)21-3/h5-10,12,18,20H,4,11H2,1-3H3. The minimum Gasteiger partial charge on any atom is -0.496 e. The fourth-order valence-electron chi connectivity index (χ4n) is 2.51. The van der Waals surface area contributed by atoms with E-state index >= 15 is 0 Å². The van der Waals surface area contributed by atoms with Crippen LogP contribution in [-0.2, 0) is 0 Å². The van der Waals surface area contributed by atoms with Gasteiger partial charge in [-0.2, -0.15) is 0 Å². The molecule has 0 spiro atoms. The van der Waals surface area contributed by atoms with Gasteiger partial charge in [-0.15, -0.1) is 0 Å². The summed E-state index contributed by atoms with van der Waals surface area (Å²) in [5, 5.41) is 4.30. The first kappa shape index (κ1) is 15.9. The van der Waals surface area contributed by atoms with Crippen molar-refractivity contribution >= 4 is 11.6 Å². The average Bonchev–Trinajstić information content (AvgIpc) is 2.50. The first-order valence-corrected chi connectivity index (χ1v) is 7.67. The van der Waals surface area contributed by atoms with Crippen molar-refractivity contribution in [1.29, 1.82) is 0 Å². The maximum Gasteiger partial charge on any atom is 0.125 e. The summed E-state index contributed by atoms with van der Waals surface area (Å²) in [5.74, 6) is 0.819. The van der Waals surface area contributed by atoms with Crippen LogP contribution in [0, 0.1) is 6.92 Å². The van der Waals surface area contributed by atoms with Gasteiger partial charge in [0.15, 0.2) is 0 Å². The second-order valence-corrected chi connectivity index (χ2v) is 5.57. The Kier molecular flexibility index (Phi) is 5.66. The second kappa shape index (κ2) is 7.48. The number of benzene rings is 2. The van der Waals surface area contributed by atoms with E-state index < -0.39 is 0 Å². The Balaban J connectivity index is 2.48. The monoisotopic (exact) mass is 303 g/mol. The molecular weight excluding hydrogens is 282 g/mol. The molecule has 0 aromatic heterocycles. The van der Waals surface area contributed by atoms with Gasteiger partial charge in [-0.1, -0.05) is 48.9 Å². The molecule has 2 aromatic carbocycles. The van der Waals surface area contributed by atoms with E-state index in [1.165, 1.54) is 11.1 Å². The van der Waals surface area contributed by atoms with Gasteiger partial charge in [0.05, 0.1) is 13.2 Å². The number of hydrogen-bond acceptors (Lipinski definition) is 2. The number of halogens is 1. The van der Waals surface area contributed by atoms with Gasteiger partial charge in [-0.3, -0.25) is 0 Å². The zero-order valence-corrected chi connectivity index (χ0v) is 13.6. The lowest BCUT2D eigenvalue weighted by molar-refractivity contribution is 0.404. The molecule has 0 aliphatic heterocycles. The van der Waals surface area contributed by atoms with Gasteiger partial charge >= 0.3 is 0 Å². The summed E-state index contributed by atoms with van der Waals surface area (Å²) in [5.41, 5.74) is 3.65. The number of nitrogens with one attached hydrogen (secondary N) is 1. The Morgan fingerprint density at radius 1 is 1.14 bits per heavy atom. The molecule has 0 aliphatic rings. The molecule has 0 fully saturated rings. The van der Waals surface area contributed by atoms with E-state index in [2.05, 4.69) is 43.4 Å². The zero-order chi connectivity index (χ0) is 15.2. The molecule has 21 heavy (non-hydrogen) atoms. The fraction of sp³-hybridized carbons (Fsp3) is 0.333. The maximum absolute atomic E-state index is 6.08. The lowest BCUT2D eigenvalue weighted by Gasteiger charge is -2.23. The van der Waals surface area contributed by atoms with Crippen molar-refractivity contribution in [3.8, 4) is 5.75 Å². The molecule has 2 nitrogen and oxygen atoms in total.